The van der Waals surface area contributed by atoms with E-state index in [0.717, 1.165) is 0 Å². The average Bonchev–Trinajstić information content (AvgIpc) is 2.58. The second kappa shape index (κ2) is 6.52. The van der Waals surface area contributed by atoms with Crippen LogP contribution in [0.3, 0.4) is 0 Å². The molecule has 0 saturated carbocycles. The summed E-state index contributed by atoms with van der Waals surface area (Å²) in [6.45, 7) is 1.39. The summed E-state index contributed by atoms with van der Waals surface area (Å²) in [5.74, 6) is 6.33. The second-order valence-corrected chi connectivity index (χ2v) is 5.51. The van der Waals surface area contributed by atoms with Crippen LogP contribution in [-0.2, 0) is 0 Å². The van der Waals surface area contributed by atoms with Gasteiger partial charge in [0.25, 0.3) is 0 Å². The third-order valence-electron chi connectivity index (χ3n) is 3.66. The summed E-state index contributed by atoms with van der Waals surface area (Å²) in [5.41, 5.74) is 1.57. The fourth-order valence-corrected chi connectivity index (χ4v) is 2.51. The molecule has 25 heavy (non-hydrogen) atoms. The Hall–Kier alpha value is -2.94. The zero-order valence-electron chi connectivity index (χ0n) is 13.5. The van der Waals surface area contributed by atoms with Crippen molar-refractivity contribution in [2.24, 2.45) is 0 Å². The van der Waals surface area contributed by atoms with Crippen LogP contribution in [0, 0.1) is 11.8 Å². The first-order valence-corrected chi connectivity index (χ1v) is 7.44. The minimum absolute atomic E-state index is 0.0828. The van der Waals surface area contributed by atoms with Gasteiger partial charge >= 0.3 is 6.18 Å². The first kappa shape index (κ1) is 16.9. The van der Waals surface area contributed by atoms with E-state index >= 15 is 0 Å². The van der Waals surface area contributed by atoms with Crippen LogP contribution in [0.1, 0.15) is 23.6 Å². The van der Waals surface area contributed by atoms with E-state index in [-0.39, 0.29) is 11.3 Å². The molecule has 3 rings (SSSR count). The van der Waals surface area contributed by atoms with Crippen LogP contribution in [0.25, 0.3) is 6.08 Å². The predicted octanol–water partition coefficient (Wildman–Crippen LogP) is 4.22. The second-order valence-electron chi connectivity index (χ2n) is 5.51. The number of hydrogen-bond donors (Lipinski definition) is 0. The minimum atomic E-state index is -4.49. The molecular formula is C19H14F3NO2. The highest BCUT2D eigenvalue weighted by molar-refractivity contribution is 5.70. The van der Waals surface area contributed by atoms with Crippen molar-refractivity contribution < 1.29 is 22.6 Å². The molecule has 0 spiro atoms. The van der Waals surface area contributed by atoms with Gasteiger partial charge in [0.05, 0.1) is 12.7 Å². The van der Waals surface area contributed by atoms with Crippen molar-refractivity contribution >= 4 is 6.08 Å². The zero-order valence-corrected chi connectivity index (χ0v) is 13.5. The number of fused-ring (bicyclic) bond motifs is 1. The summed E-state index contributed by atoms with van der Waals surface area (Å²) in [7, 11) is 1.48. The Bertz CT molecular complexity index is 877. The van der Waals surface area contributed by atoms with Crippen molar-refractivity contribution in [1.82, 2.24) is 4.98 Å². The first-order valence-electron chi connectivity index (χ1n) is 7.44. The van der Waals surface area contributed by atoms with E-state index in [1.54, 1.807) is 36.7 Å². The Kier molecular flexibility index (Phi) is 4.41. The van der Waals surface area contributed by atoms with Crippen LogP contribution in [0.4, 0.5) is 13.2 Å². The lowest BCUT2D eigenvalue weighted by Crippen LogP contribution is -2.37. The SMILES string of the molecule is COc1cc(C#Cc2cccnc2)c2c(c1)C=C(C)C(C(F)(F)F)O2. The Labute approximate surface area is 143 Å². The number of hydrogen-bond acceptors (Lipinski definition) is 3. The van der Waals surface area contributed by atoms with E-state index in [9.17, 15) is 13.2 Å². The average molecular weight is 345 g/mol. The van der Waals surface area contributed by atoms with Crippen molar-refractivity contribution in [2.45, 2.75) is 19.2 Å². The highest BCUT2D eigenvalue weighted by Crippen LogP contribution is 2.40. The van der Waals surface area contributed by atoms with E-state index in [2.05, 4.69) is 16.8 Å². The van der Waals surface area contributed by atoms with Gasteiger partial charge in [-0.15, -0.1) is 0 Å². The Morgan fingerprint density at radius 3 is 2.68 bits per heavy atom. The summed E-state index contributed by atoms with van der Waals surface area (Å²) in [6.07, 6.45) is -1.83. The topological polar surface area (TPSA) is 31.4 Å². The summed E-state index contributed by atoms with van der Waals surface area (Å²) in [5, 5.41) is 0. The van der Waals surface area contributed by atoms with E-state index < -0.39 is 12.3 Å². The Morgan fingerprint density at radius 2 is 2.04 bits per heavy atom. The number of alkyl halides is 3. The standard InChI is InChI=1S/C19H14F3NO2/c1-12-8-15-10-16(24-2)9-14(6-5-13-4-3-7-23-11-13)17(15)25-18(12)19(20,21)22/h3-4,7-11,18H,1-2H3. The van der Waals surface area contributed by atoms with Gasteiger partial charge in [-0.2, -0.15) is 13.2 Å². The highest BCUT2D eigenvalue weighted by atomic mass is 19.4. The predicted molar refractivity (Wildman–Crippen MR) is 87.3 cm³/mol. The molecule has 6 heteroatoms. The normalized spacial score (nSPS) is 16.0. The molecule has 1 unspecified atom stereocenters. The van der Waals surface area contributed by atoms with Gasteiger partial charge in [-0.05, 0) is 42.8 Å². The number of halogens is 3. The minimum Gasteiger partial charge on any atom is -0.497 e. The molecule has 0 bridgehead atoms. The van der Waals surface area contributed by atoms with Crippen LogP contribution >= 0.6 is 0 Å². The Balaban J connectivity index is 2.09. The zero-order chi connectivity index (χ0) is 18.0. The van der Waals surface area contributed by atoms with Gasteiger partial charge in [-0.3, -0.25) is 4.98 Å². The molecule has 3 nitrogen and oxygen atoms in total. The van der Waals surface area contributed by atoms with Crippen molar-refractivity contribution in [3.05, 3.63) is 58.9 Å². The molecule has 1 aliphatic heterocycles. The summed E-state index contributed by atoms with van der Waals surface area (Å²) >= 11 is 0. The molecule has 0 radical (unpaired) electrons. The summed E-state index contributed by atoms with van der Waals surface area (Å²) in [4.78, 5) is 3.96. The molecule has 1 aliphatic rings. The molecule has 0 amide bonds. The number of methoxy groups -OCH3 is 1. The number of ether oxygens (including phenoxy) is 2. The Morgan fingerprint density at radius 1 is 1.24 bits per heavy atom. The molecule has 128 valence electrons. The van der Waals surface area contributed by atoms with Gasteiger partial charge in [-0.1, -0.05) is 11.8 Å². The lowest BCUT2D eigenvalue weighted by molar-refractivity contribution is -0.183. The van der Waals surface area contributed by atoms with Gasteiger partial charge < -0.3 is 9.47 Å². The van der Waals surface area contributed by atoms with Crippen molar-refractivity contribution in [1.29, 1.82) is 0 Å². The largest absolute Gasteiger partial charge is 0.497 e. The van der Waals surface area contributed by atoms with E-state index in [4.69, 9.17) is 9.47 Å². The summed E-state index contributed by atoms with van der Waals surface area (Å²) < 4.78 is 50.0. The van der Waals surface area contributed by atoms with Gasteiger partial charge in [-0.25, -0.2) is 0 Å². The lowest BCUT2D eigenvalue weighted by atomic mass is 9.99. The molecule has 0 aliphatic carbocycles. The molecule has 0 N–H and O–H groups in total. The molecular weight excluding hydrogens is 331 g/mol. The molecule has 1 aromatic carbocycles. The number of aromatic nitrogens is 1. The highest BCUT2D eigenvalue weighted by Gasteiger charge is 2.45. The number of rotatable bonds is 1. The third kappa shape index (κ3) is 3.61. The molecule has 0 saturated heterocycles. The monoisotopic (exact) mass is 345 g/mol. The van der Waals surface area contributed by atoms with Crippen LogP contribution in [0.5, 0.6) is 11.5 Å². The number of nitrogens with zero attached hydrogens (tertiary/aromatic N) is 1. The molecule has 1 atom stereocenters. The third-order valence-corrected chi connectivity index (χ3v) is 3.66. The maximum Gasteiger partial charge on any atom is 0.429 e. The van der Waals surface area contributed by atoms with Crippen LogP contribution in [0.15, 0.2) is 42.2 Å². The van der Waals surface area contributed by atoms with Crippen molar-refractivity contribution in [3.63, 3.8) is 0 Å². The molecule has 2 heterocycles. The molecule has 1 aromatic heterocycles. The van der Waals surface area contributed by atoms with Crippen molar-refractivity contribution in [2.75, 3.05) is 7.11 Å². The maximum absolute atomic E-state index is 13.2. The van der Waals surface area contributed by atoms with E-state index in [0.29, 0.717) is 22.4 Å². The fraction of sp³-hybridized carbons (Fsp3) is 0.211. The maximum atomic E-state index is 13.2. The molecule has 0 fully saturated rings. The molecule has 2 aromatic rings. The lowest BCUT2D eigenvalue weighted by Gasteiger charge is -2.28. The number of benzene rings is 1. The van der Waals surface area contributed by atoms with E-state index in [1.807, 2.05) is 0 Å². The van der Waals surface area contributed by atoms with Crippen LogP contribution in [-0.4, -0.2) is 24.4 Å². The van der Waals surface area contributed by atoms with Gasteiger partial charge in [0.15, 0.2) is 0 Å². The first-order chi connectivity index (χ1) is 11.9. The van der Waals surface area contributed by atoms with Gasteiger partial charge in [0, 0.05) is 23.5 Å². The van der Waals surface area contributed by atoms with Crippen molar-refractivity contribution in [3.8, 4) is 23.3 Å². The summed E-state index contributed by atoms with van der Waals surface area (Å²) in [6, 6.07) is 6.67. The van der Waals surface area contributed by atoms with Gasteiger partial charge in [0.1, 0.15) is 11.5 Å². The smallest absolute Gasteiger partial charge is 0.429 e. The van der Waals surface area contributed by atoms with Gasteiger partial charge in [0.2, 0.25) is 6.10 Å². The fourth-order valence-electron chi connectivity index (χ4n) is 2.51. The van der Waals surface area contributed by atoms with E-state index in [1.165, 1.54) is 20.1 Å². The van der Waals surface area contributed by atoms with Crippen LogP contribution < -0.4 is 9.47 Å². The van der Waals surface area contributed by atoms with Crippen LogP contribution in [0.2, 0.25) is 0 Å². The quantitative estimate of drug-likeness (QED) is 0.726. The number of pyridine rings is 1.